The molecule has 0 unspecified atom stereocenters. The minimum atomic E-state index is -1.39. The maximum atomic E-state index is 12.6. The number of aliphatic hydroxyl groups excluding tert-OH is 2. The van der Waals surface area contributed by atoms with Gasteiger partial charge in [0.25, 0.3) is 0 Å². The zero-order chi connectivity index (χ0) is 24.5. The summed E-state index contributed by atoms with van der Waals surface area (Å²) in [5.41, 5.74) is -1.11. The number of aryl methyl sites for hydroxylation is 1. The number of aromatic hydroxyl groups is 1. The van der Waals surface area contributed by atoms with Gasteiger partial charge < -0.3 is 38.8 Å². The molecule has 1 aromatic carbocycles. The molecule has 1 fully saturated rings. The van der Waals surface area contributed by atoms with E-state index >= 15 is 0 Å². The highest BCUT2D eigenvalue weighted by atomic mass is 16.7. The maximum Gasteiger partial charge on any atom is 0.349 e. The molecule has 1 aromatic heterocycles. The van der Waals surface area contributed by atoms with E-state index in [2.05, 4.69) is 5.16 Å². The normalized spacial score (nSPS) is 25.3. The van der Waals surface area contributed by atoms with Gasteiger partial charge in [-0.25, -0.2) is 4.79 Å². The maximum absolute atomic E-state index is 12.6. The summed E-state index contributed by atoms with van der Waals surface area (Å²) in [4.78, 5) is 17.7. The van der Waals surface area contributed by atoms with E-state index in [9.17, 15) is 20.1 Å². The van der Waals surface area contributed by atoms with Crippen LogP contribution in [0.4, 0.5) is 0 Å². The van der Waals surface area contributed by atoms with Gasteiger partial charge in [-0.15, -0.1) is 0 Å². The molecule has 182 valence electrons. The average molecular weight is 465 g/mol. The van der Waals surface area contributed by atoms with E-state index in [4.69, 9.17) is 23.5 Å². The molecule has 10 nitrogen and oxygen atoms in total. The number of fused-ring (bicyclic) bond motifs is 1. The highest BCUT2D eigenvalue weighted by molar-refractivity contribution is 6.04. The molecule has 0 radical (unpaired) electrons. The molecule has 1 aliphatic heterocycles. The second-order valence-corrected chi connectivity index (χ2v) is 8.53. The molecular weight excluding hydrogens is 434 g/mol. The van der Waals surface area contributed by atoms with Crippen molar-refractivity contribution in [1.29, 1.82) is 0 Å². The fourth-order valence-electron chi connectivity index (χ4n) is 3.92. The molecule has 0 bridgehead atoms. The largest absolute Gasteiger partial charge is 0.506 e. The number of hydrogen-bond acceptors (Lipinski definition) is 10. The lowest BCUT2D eigenvalue weighted by atomic mass is 9.89. The predicted molar refractivity (Wildman–Crippen MR) is 120 cm³/mol. The molecule has 4 atom stereocenters. The Kier molecular flexibility index (Phi) is 7.32. The number of aliphatic hydroxyl groups is 2. The highest BCUT2D eigenvalue weighted by Gasteiger charge is 2.50. The van der Waals surface area contributed by atoms with Crippen LogP contribution in [0.2, 0.25) is 0 Å². The Morgan fingerprint density at radius 3 is 2.58 bits per heavy atom. The predicted octanol–water partition coefficient (Wildman–Crippen LogP) is 2.21. The van der Waals surface area contributed by atoms with Crippen molar-refractivity contribution in [3.05, 3.63) is 33.7 Å². The molecule has 0 spiro atoms. The Morgan fingerprint density at radius 1 is 1.24 bits per heavy atom. The quantitative estimate of drug-likeness (QED) is 0.243. The standard InChI is InChI=1S/C23H31NO9/c1-7-10-30-24-12(3)15-16(25)13-8-9-14(11(2)19(13)32-21(15)28)31-22-18(27)17(26)20(29-6)23(4,5)33-22/h8-9,17-18,20,22,25-27H,7,10H2,1-6H3/t17-,18-,20-,22-/m1/s1. The third-order valence-electron chi connectivity index (χ3n) is 5.65. The van der Waals surface area contributed by atoms with Gasteiger partial charge in [-0.3, -0.25) is 0 Å². The Hall–Kier alpha value is -2.66. The van der Waals surface area contributed by atoms with Gasteiger partial charge in [0, 0.05) is 12.7 Å². The number of benzene rings is 1. The minimum absolute atomic E-state index is 0.0896. The Labute approximate surface area is 191 Å². The van der Waals surface area contributed by atoms with Crippen molar-refractivity contribution in [2.24, 2.45) is 5.16 Å². The van der Waals surface area contributed by atoms with E-state index in [-0.39, 0.29) is 33.7 Å². The summed E-state index contributed by atoms with van der Waals surface area (Å²) >= 11 is 0. The van der Waals surface area contributed by atoms with E-state index in [1.54, 1.807) is 33.8 Å². The lowest BCUT2D eigenvalue weighted by Crippen LogP contribution is -2.63. The van der Waals surface area contributed by atoms with Crippen molar-refractivity contribution < 1.29 is 38.8 Å². The van der Waals surface area contributed by atoms with E-state index in [0.29, 0.717) is 12.2 Å². The molecule has 0 saturated carbocycles. The van der Waals surface area contributed by atoms with Gasteiger partial charge in [-0.2, -0.15) is 0 Å². The third-order valence-corrected chi connectivity index (χ3v) is 5.65. The van der Waals surface area contributed by atoms with Crippen LogP contribution in [0.1, 0.15) is 45.2 Å². The lowest BCUT2D eigenvalue weighted by Gasteiger charge is -2.46. The van der Waals surface area contributed by atoms with Gasteiger partial charge in [0.1, 0.15) is 47.6 Å². The molecule has 0 amide bonds. The summed E-state index contributed by atoms with van der Waals surface area (Å²) in [5, 5.41) is 35.8. The molecule has 1 saturated heterocycles. The second-order valence-electron chi connectivity index (χ2n) is 8.53. The zero-order valence-corrected chi connectivity index (χ0v) is 19.6. The summed E-state index contributed by atoms with van der Waals surface area (Å²) in [6, 6.07) is 3.08. The number of hydrogen-bond donors (Lipinski definition) is 3. The Balaban J connectivity index is 1.97. The molecule has 0 aliphatic carbocycles. The van der Waals surface area contributed by atoms with Crippen molar-refractivity contribution in [2.75, 3.05) is 13.7 Å². The molecular formula is C23H31NO9. The first-order valence-electron chi connectivity index (χ1n) is 10.7. The SMILES string of the molecule is CCCON=C(C)c1c(O)c2ccc(O[C@@H]3OC(C)(C)[C@H](OC)[C@H](O)[C@H]3O)c(C)c2oc1=O. The summed E-state index contributed by atoms with van der Waals surface area (Å²) < 4.78 is 22.5. The molecule has 1 aliphatic rings. The van der Waals surface area contributed by atoms with Crippen LogP contribution >= 0.6 is 0 Å². The summed E-state index contributed by atoms with van der Waals surface area (Å²) in [6.45, 7) is 8.91. The Morgan fingerprint density at radius 2 is 1.94 bits per heavy atom. The van der Waals surface area contributed by atoms with Gasteiger partial charge in [0.05, 0.1) is 16.7 Å². The average Bonchev–Trinajstić information content (AvgIpc) is 2.74. The van der Waals surface area contributed by atoms with Crippen molar-refractivity contribution >= 4 is 16.7 Å². The number of nitrogens with zero attached hydrogens (tertiary/aromatic N) is 1. The van der Waals surface area contributed by atoms with Crippen LogP contribution in [0.15, 0.2) is 26.5 Å². The topological polar surface area (TPSA) is 140 Å². The first-order valence-corrected chi connectivity index (χ1v) is 10.7. The van der Waals surface area contributed by atoms with Crippen molar-refractivity contribution in [3.63, 3.8) is 0 Å². The van der Waals surface area contributed by atoms with Gasteiger partial charge in [0.2, 0.25) is 6.29 Å². The van der Waals surface area contributed by atoms with Gasteiger partial charge in [-0.1, -0.05) is 12.1 Å². The summed E-state index contributed by atoms with van der Waals surface area (Å²) in [6.07, 6.45) is -3.85. The Bertz CT molecular complexity index is 1090. The van der Waals surface area contributed by atoms with Gasteiger partial charge in [-0.05, 0) is 46.2 Å². The highest BCUT2D eigenvalue weighted by Crippen LogP contribution is 2.37. The fraction of sp³-hybridized carbons (Fsp3) is 0.565. The molecule has 3 N–H and O–H groups in total. The molecule has 10 heteroatoms. The van der Waals surface area contributed by atoms with Crippen molar-refractivity contribution in [1.82, 2.24) is 0 Å². The van der Waals surface area contributed by atoms with Gasteiger partial charge >= 0.3 is 5.63 Å². The first kappa shape index (κ1) is 25.0. The van der Waals surface area contributed by atoms with Crippen LogP contribution in [0, 0.1) is 6.92 Å². The minimum Gasteiger partial charge on any atom is -0.506 e. The van der Waals surface area contributed by atoms with Crippen LogP contribution in [-0.4, -0.2) is 65.0 Å². The summed E-state index contributed by atoms with van der Waals surface area (Å²) in [5.74, 6) is -0.0388. The third kappa shape index (κ3) is 4.70. The summed E-state index contributed by atoms with van der Waals surface area (Å²) in [7, 11) is 1.42. The van der Waals surface area contributed by atoms with Crippen molar-refractivity contribution in [3.8, 4) is 11.5 Å². The second kappa shape index (κ2) is 9.68. The van der Waals surface area contributed by atoms with E-state index in [1.807, 2.05) is 6.92 Å². The lowest BCUT2D eigenvalue weighted by molar-refractivity contribution is -0.306. The van der Waals surface area contributed by atoms with Crippen LogP contribution in [0.3, 0.4) is 0 Å². The van der Waals surface area contributed by atoms with E-state index < -0.39 is 35.8 Å². The van der Waals surface area contributed by atoms with Gasteiger partial charge in [0.15, 0.2) is 0 Å². The van der Waals surface area contributed by atoms with Crippen LogP contribution < -0.4 is 10.4 Å². The zero-order valence-electron chi connectivity index (χ0n) is 19.6. The molecule has 2 aromatic rings. The van der Waals surface area contributed by atoms with Crippen LogP contribution in [0.5, 0.6) is 11.5 Å². The fourth-order valence-corrected chi connectivity index (χ4v) is 3.92. The molecule has 33 heavy (non-hydrogen) atoms. The van der Waals surface area contributed by atoms with Crippen LogP contribution in [-0.2, 0) is 14.3 Å². The number of oxime groups is 1. The van der Waals surface area contributed by atoms with Crippen molar-refractivity contribution in [2.45, 2.75) is 71.2 Å². The molecule has 3 rings (SSSR count). The number of methoxy groups -OCH3 is 1. The van der Waals surface area contributed by atoms with E-state index in [1.165, 1.54) is 13.2 Å². The van der Waals surface area contributed by atoms with Crippen LogP contribution in [0.25, 0.3) is 11.0 Å². The van der Waals surface area contributed by atoms with E-state index in [0.717, 1.165) is 6.42 Å². The number of ether oxygens (including phenoxy) is 3. The smallest absolute Gasteiger partial charge is 0.349 e. The molecule has 2 heterocycles. The first-order chi connectivity index (χ1) is 15.5. The monoisotopic (exact) mass is 465 g/mol. The number of rotatable bonds is 7.